The van der Waals surface area contributed by atoms with Gasteiger partial charge < -0.3 is 9.47 Å². The van der Waals surface area contributed by atoms with Crippen LogP contribution in [0.4, 0.5) is 0 Å². The molecule has 0 spiro atoms. The highest BCUT2D eigenvalue weighted by Crippen LogP contribution is 2.56. The van der Waals surface area contributed by atoms with Crippen molar-refractivity contribution in [2.75, 3.05) is 0 Å². The Labute approximate surface area is 270 Å². The maximum absolute atomic E-state index is 9.56. The molecule has 6 aromatic rings. The second-order valence-corrected chi connectivity index (χ2v) is 11.5. The van der Waals surface area contributed by atoms with Crippen LogP contribution in [-0.2, 0) is 5.41 Å². The molecule has 0 saturated heterocycles. The number of nitriles is 2. The Morgan fingerprint density at radius 1 is 0.489 bits per heavy atom. The predicted octanol–water partition coefficient (Wildman–Crippen LogP) is 10.7. The van der Waals surface area contributed by atoms with E-state index in [0.29, 0.717) is 44.2 Å². The van der Waals surface area contributed by atoms with Crippen molar-refractivity contribution in [1.29, 1.82) is 10.5 Å². The van der Waals surface area contributed by atoms with Crippen LogP contribution in [0.5, 0.6) is 23.0 Å². The van der Waals surface area contributed by atoms with Crippen LogP contribution < -0.4 is 9.47 Å². The molecule has 0 bridgehead atoms. The Bertz CT molecular complexity index is 2000. The number of rotatable bonds is 6. The Kier molecular flexibility index (Phi) is 7.24. The quantitative estimate of drug-likeness (QED) is 0.185. The van der Waals surface area contributed by atoms with Gasteiger partial charge in [0.1, 0.15) is 35.1 Å². The van der Waals surface area contributed by atoms with Gasteiger partial charge in [0.15, 0.2) is 0 Å². The lowest BCUT2D eigenvalue weighted by molar-refractivity contribution is 0.480. The molecule has 0 atom stereocenters. The van der Waals surface area contributed by atoms with E-state index in [2.05, 4.69) is 84.9 Å². The molecule has 0 unspecified atom stereocenters. The van der Waals surface area contributed by atoms with Gasteiger partial charge in [0.2, 0.25) is 0 Å². The van der Waals surface area contributed by atoms with Crippen LogP contribution in [0.25, 0.3) is 11.1 Å². The van der Waals surface area contributed by atoms with Gasteiger partial charge in [-0.2, -0.15) is 10.5 Å². The molecular formula is C39H22Cl2N2O2. The molecule has 0 radical (unpaired) electrons. The van der Waals surface area contributed by atoms with E-state index in [0.717, 1.165) is 22.3 Å². The van der Waals surface area contributed by atoms with Crippen LogP contribution in [0.3, 0.4) is 0 Å². The Morgan fingerprint density at radius 3 is 1.29 bits per heavy atom. The third-order valence-electron chi connectivity index (χ3n) is 8.11. The second-order valence-electron chi connectivity index (χ2n) is 10.6. The van der Waals surface area contributed by atoms with E-state index in [1.165, 1.54) is 11.1 Å². The molecule has 6 aromatic carbocycles. The van der Waals surface area contributed by atoms with Crippen molar-refractivity contribution >= 4 is 23.2 Å². The van der Waals surface area contributed by atoms with E-state index in [9.17, 15) is 10.5 Å². The molecular weight excluding hydrogens is 599 g/mol. The first-order valence-corrected chi connectivity index (χ1v) is 14.9. The summed E-state index contributed by atoms with van der Waals surface area (Å²) < 4.78 is 12.2. The molecule has 0 N–H and O–H groups in total. The second kappa shape index (κ2) is 11.5. The van der Waals surface area contributed by atoms with E-state index in [1.54, 1.807) is 36.4 Å². The number of hydrogen-bond donors (Lipinski definition) is 0. The molecule has 1 aliphatic rings. The molecule has 7 rings (SSSR count). The first kappa shape index (κ1) is 28.3. The van der Waals surface area contributed by atoms with Crippen LogP contribution in [0.1, 0.15) is 33.4 Å². The van der Waals surface area contributed by atoms with Gasteiger partial charge in [-0.15, -0.1) is 0 Å². The number of nitrogens with zero attached hydrogens (tertiary/aromatic N) is 2. The Balaban J connectivity index is 1.34. The third-order valence-corrected chi connectivity index (χ3v) is 8.58. The highest BCUT2D eigenvalue weighted by atomic mass is 35.5. The summed E-state index contributed by atoms with van der Waals surface area (Å²) in [5, 5.41) is 20.1. The van der Waals surface area contributed by atoms with Gasteiger partial charge in [0, 0.05) is 22.2 Å². The molecule has 0 aromatic heterocycles. The van der Waals surface area contributed by atoms with Gasteiger partial charge in [0.25, 0.3) is 0 Å². The maximum Gasteiger partial charge on any atom is 0.146 e. The zero-order valence-corrected chi connectivity index (χ0v) is 25.2. The topological polar surface area (TPSA) is 66.0 Å². The van der Waals surface area contributed by atoms with E-state index in [-0.39, 0.29) is 0 Å². The normalized spacial score (nSPS) is 12.4. The monoisotopic (exact) mass is 620 g/mol. The van der Waals surface area contributed by atoms with Crippen LogP contribution in [0.15, 0.2) is 133 Å². The van der Waals surface area contributed by atoms with Crippen LogP contribution in [-0.4, -0.2) is 0 Å². The fraction of sp³-hybridized carbons (Fsp3) is 0.0256. The maximum atomic E-state index is 9.56. The van der Waals surface area contributed by atoms with Gasteiger partial charge in [-0.1, -0.05) is 96.0 Å². The summed E-state index contributed by atoms with van der Waals surface area (Å²) in [6, 6.07) is 47.2. The first-order valence-electron chi connectivity index (χ1n) is 14.2. The smallest absolute Gasteiger partial charge is 0.146 e. The average Bonchev–Trinajstić information content (AvgIpc) is 3.37. The SMILES string of the molecule is N#Cc1ccc(Cl)cc1Oc1ccc(C2(c3ccc(Oc4cc(Cl)ccc4C#N)cc3)c3ccccc3-c3ccccc32)cc1. The van der Waals surface area contributed by atoms with Gasteiger partial charge >= 0.3 is 0 Å². The summed E-state index contributed by atoms with van der Waals surface area (Å²) >= 11 is 12.4. The average molecular weight is 622 g/mol. The van der Waals surface area contributed by atoms with E-state index in [1.807, 2.05) is 24.3 Å². The van der Waals surface area contributed by atoms with Crippen LogP contribution in [0, 0.1) is 22.7 Å². The van der Waals surface area contributed by atoms with E-state index >= 15 is 0 Å². The zero-order chi connectivity index (χ0) is 31.0. The van der Waals surface area contributed by atoms with Crippen molar-refractivity contribution in [2.45, 2.75) is 5.41 Å². The summed E-state index contributed by atoms with van der Waals surface area (Å²) in [4.78, 5) is 0. The number of hydrogen-bond acceptors (Lipinski definition) is 4. The number of fused-ring (bicyclic) bond motifs is 3. The zero-order valence-electron chi connectivity index (χ0n) is 23.7. The van der Waals surface area contributed by atoms with Gasteiger partial charge in [-0.25, -0.2) is 0 Å². The largest absolute Gasteiger partial charge is 0.456 e. The molecule has 1 aliphatic carbocycles. The third kappa shape index (κ3) is 4.88. The lowest BCUT2D eigenvalue weighted by Crippen LogP contribution is -2.28. The number of benzene rings is 6. The summed E-state index contributed by atoms with van der Waals surface area (Å²) in [6.45, 7) is 0. The molecule has 4 nitrogen and oxygen atoms in total. The highest BCUT2D eigenvalue weighted by molar-refractivity contribution is 6.31. The minimum atomic E-state index is -0.633. The van der Waals surface area contributed by atoms with Crippen LogP contribution in [0.2, 0.25) is 10.0 Å². The van der Waals surface area contributed by atoms with E-state index in [4.69, 9.17) is 32.7 Å². The number of halogens is 2. The van der Waals surface area contributed by atoms with E-state index < -0.39 is 5.41 Å². The minimum Gasteiger partial charge on any atom is -0.456 e. The highest BCUT2D eigenvalue weighted by Gasteiger charge is 2.45. The molecule has 0 heterocycles. The van der Waals surface area contributed by atoms with Crippen molar-refractivity contribution in [3.63, 3.8) is 0 Å². The summed E-state index contributed by atoms with van der Waals surface area (Å²) in [5.41, 5.74) is 6.94. The van der Waals surface area contributed by atoms with Crippen molar-refractivity contribution in [3.8, 4) is 46.3 Å². The standard InChI is InChI=1S/C39H22Cl2N2O2/c40-29-15-9-25(23-42)37(21-29)44-31-17-11-27(12-18-31)39(35-7-3-1-5-33(35)34-6-2-4-8-36(34)39)28-13-19-32(20-14-28)45-38-22-30(41)16-10-26(38)24-43/h1-22H. The summed E-state index contributed by atoms with van der Waals surface area (Å²) in [5.74, 6) is 1.98. The predicted molar refractivity (Wildman–Crippen MR) is 176 cm³/mol. The van der Waals surface area contributed by atoms with Gasteiger partial charge in [0.05, 0.1) is 16.5 Å². The molecule has 45 heavy (non-hydrogen) atoms. The molecule has 6 heteroatoms. The number of ether oxygens (including phenoxy) is 2. The fourth-order valence-corrected chi connectivity index (χ4v) is 6.49. The first-order chi connectivity index (χ1) is 22.0. The lowest BCUT2D eigenvalue weighted by atomic mass is 9.68. The fourth-order valence-electron chi connectivity index (χ4n) is 6.17. The molecule has 214 valence electrons. The lowest BCUT2D eigenvalue weighted by Gasteiger charge is -2.34. The van der Waals surface area contributed by atoms with Gasteiger partial charge in [-0.05, 0) is 81.9 Å². The van der Waals surface area contributed by atoms with Crippen molar-refractivity contribution in [2.24, 2.45) is 0 Å². The molecule has 0 aliphatic heterocycles. The van der Waals surface area contributed by atoms with Crippen molar-refractivity contribution in [1.82, 2.24) is 0 Å². The summed E-state index contributed by atoms with van der Waals surface area (Å²) in [7, 11) is 0. The van der Waals surface area contributed by atoms with Crippen LogP contribution >= 0.6 is 23.2 Å². The molecule has 0 fully saturated rings. The summed E-state index contributed by atoms with van der Waals surface area (Å²) in [6.07, 6.45) is 0. The molecule has 0 saturated carbocycles. The Morgan fingerprint density at radius 2 is 0.889 bits per heavy atom. The minimum absolute atomic E-state index is 0.402. The van der Waals surface area contributed by atoms with Crippen molar-refractivity contribution in [3.05, 3.63) is 177 Å². The Hall–Kier alpha value is -5.52. The van der Waals surface area contributed by atoms with Gasteiger partial charge in [-0.3, -0.25) is 0 Å². The molecule has 0 amide bonds. The van der Waals surface area contributed by atoms with Crippen molar-refractivity contribution < 1.29 is 9.47 Å².